The maximum absolute atomic E-state index is 12.6. The van der Waals surface area contributed by atoms with E-state index in [0.29, 0.717) is 0 Å². The number of hydrogen-bond donors (Lipinski definition) is 1. The van der Waals surface area contributed by atoms with Crippen molar-refractivity contribution in [1.82, 2.24) is 0 Å². The Labute approximate surface area is 153 Å². The van der Waals surface area contributed by atoms with Crippen molar-refractivity contribution in [3.63, 3.8) is 0 Å². The van der Waals surface area contributed by atoms with E-state index in [0.717, 1.165) is 5.56 Å². The number of rotatable bonds is 4. The first kappa shape index (κ1) is 23.3. The Bertz CT molecular complexity index is 652. The van der Waals surface area contributed by atoms with Gasteiger partial charge in [-0.3, -0.25) is 0 Å². The molecule has 0 heterocycles. The number of hydrogen-bond acceptors (Lipinski definition) is 3. The van der Waals surface area contributed by atoms with Crippen molar-refractivity contribution >= 4 is 5.97 Å². The van der Waals surface area contributed by atoms with Gasteiger partial charge in [-0.1, -0.05) is 58.9 Å². The summed E-state index contributed by atoms with van der Waals surface area (Å²) < 4.78 is 79.7. The number of benzene rings is 1. The molecule has 1 aromatic rings. The fourth-order valence-corrected chi connectivity index (χ4v) is 2.10. The van der Waals surface area contributed by atoms with Crippen LogP contribution in [-0.4, -0.2) is 29.0 Å². The summed E-state index contributed by atoms with van der Waals surface area (Å²) in [4.78, 5) is 11.4. The maximum Gasteiger partial charge on any atom is 0.437 e. The maximum atomic E-state index is 12.6. The molecule has 0 saturated carbocycles. The van der Waals surface area contributed by atoms with Gasteiger partial charge >= 0.3 is 23.9 Å². The molecule has 0 unspecified atom stereocenters. The smallest absolute Gasteiger partial charge is 0.437 e. The van der Waals surface area contributed by atoms with E-state index >= 15 is 0 Å². The summed E-state index contributed by atoms with van der Waals surface area (Å²) in [5.41, 5.74) is -4.88. The topological polar surface area (TPSA) is 46.5 Å². The van der Waals surface area contributed by atoms with E-state index in [9.17, 15) is 31.1 Å². The average molecular weight is 400 g/mol. The minimum absolute atomic E-state index is 0.114. The summed E-state index contributed by atoms with van der Waals surface area (Å²) in [6.45, 7) is 9.22. The van der Waals surface area contributed by atoms with E-state index in [1.54, 1.807) is 12.1 Å². The summed E-state index contributed by atoms with van der Waals surface area (Å²) in [5.74, 6) is -2.82. The highest BCUT2D eigenvalue weighted by atomic mass is 19.4. The summed E-state index contributed by atoms with van der Waals surface area (Å²) in [6.07, 6.45) is -12.5. The molecule has 1 rings (SSSR count). The number of carbonyl (C=O) groups excluding carboxylic acids is 1. The lowest BCUT2D eigenvalue weighted by Crippen LogP contribution is -2.62. The second-order valence-corrected chi connectivity index (χ2v) is 7.85. The van der Waals surface area contributed by atoms with E-state index in [2.05, 4.69) is 4.74 Å². The molecule has 0 atom stereocenters. The molecule has 0 radical (unpaired) electrons. The van der Waals surface area contributed by atoms with E-state index in [4.69, 9.17) is 5.11 Å². The van der Waals surface area contributed by atoms with Crippen molar-refractivity contribution in [2.45, 2.75) is 64.6 Å². The summed E-state index contributed by atoms with van der Waals surface area (Å²) in [7, 11) is 0. The third-order valence-electron chi connectivity index (χ3n) is 5.04. The van der Waals surface area contributed by atoms with E-state index in [-0.39, 0.29) is 16.4 Å². The monoisotopic (exact) mass is 400 g/mol. The van der Waals surface area contributed by atoms with Crippen LogP contribution in [0.3, 0.4) is 0 Å². The van der Waals surface area contributed by atoms with Crippen molar-refractivity contribution in [1.29, 1.82) is 0 Å². The molecule has 27 heavy (non-hydrogen) atoms. The zero-order valence-electron chi connectivity index (χ0n) is 15.5. The second-order valence-electron chi connectivity index (χ2n) is 7.85. The van der Waals surface area contributed by atoms with Gasteiger partial charge in [-0.05, 0) is 22.0 Å². The molecule has 0 aliphatic heterocycles. The first-order valence-electron chi connectivity index (χ1n) is 7.98. The number of carbonyl (C=O) groups is 1. The van der Waals surface area contributed by atoms with Gasteiger partial charge in [0.15, 0.2) is 0 Å². The highest BCUT2D eigenvalue weighted by Gasteiger charge is 2.76. The van der Waals surface area contributed by atoms with Gasteiger partial charge in [0.1, 0.15) is 6.61 Å². The SMILES string of the molecule is CC(C)(C)C(C)(C)c1ccc(COC(=O)C(O)(C(F)(F)F)C(F)(F)F)cc1. The van der Waals surface area contributed by atoms with Crippen LogP contribution in [0.1, 0.15) is 45.7 Å². The zero-order valence-corrected chi connectivity index (χ0v) is 15.5. The number of aliphatic hydroxyl groups is 1. The largest absolute Gasteiger partial charge is 0.458 e. The van der Waals surface area contributed by atoms with Crippen LogP contribution in [0.2, 0.25) is 0 Å². The molecule has 0 spiro atoms. The molecular formula is C18H22F6O3. The molecular weight excluding hydrogens is 378 g/mol. The zero-order chi connectivity index (χ0) is 21.5. The average Bonchev–Trinajstić information content (AvgIpc) is 2.48. The summed E-state index contributed by atoms with van der Waals surface area (Å²) in [5, 5.41) is 8.95. The van der Waals surface area contributed by atoms with Gasteiger partial charge in [0, 0.05) is 0 Å². The predicted octanol–water partition coefficient (Wildman–Crippen LogP) is 4.91. The van der Waals surface area contributed by atoms with Gasteiger partial charge in [-0.2, -0.15) is 26.3 Å². The number of esters is 1. The van der Waals surface area contributed by atoms with E-state index < -0.39 is 30.5 Å². The lowest BCUT2D eigenvalue weighted by molar-refractivity contribution is -0.357. The Hall–Kier alpha value is -1.77. The molecule has 0 aliphatic carbocycles. The Balaban J connectivity index is 2.97. The van der Waals surface area contributed by atoms with Gasteiger partial charge in [0.2, 0.25) is 0 Å². The third kappa shape index (κ3) is 4.39. The highest BCUT2D eigenvalue weighted by Crippen LogP contribution is 2.44. The van der Waals surface area contributed by atoms with Crippen molar-refractivity contribution in [2.75, 3.05) is 0 Å². The molecule has 0 aromatic heterocycles. The quantitative estimate of drug-likeness (QED) is 0.577. The van der Waals surface area contributed by atoms with Gasteiger partial charge in [0.25, 0.3) is 0 Å². The molecule has 0 bridgehead atoms. The minimum Gasteiger partial charge on any atom is -0.458 e. The predicted molar refractivity (Wildman–Crippen MR) is 85.8 cm³/mol. The van der Waals surface area contributed by atoms with Crippen LogP contribution in [-0.2, 0) is 21.6 Å². The van der Waals surface area contributed by atoms with Crippen LogP contribution >= 0.6 is 0 Å². The van der Waals surface area contributed by atoms with E-state index in [1.807, 2.05) is 34.6 Å². The fourth-order valence-electron chi connectivity index (χ4n) is 2.10. The Morgan fingerprint density at radius 1 is 0.889 bits per heavy atom. The van der Waals surface area contributed by atoms with Crippen molar-refractivity contribution in [3.05, 3.63) is 35.4 Å². The molecule has 0 saturated heterocycles. The number of halogens is 6. The first-order chi connectivity index (χ1) is 11.9. The van der Waals surface area contributed by atoms with Crippen LogP contribution in [0.25, 0.3) is 0 Å². The van der Waals surface area contributed by atoms with Crippen LogP contribution in [0.15, 0.2) is 24.3 Å². The molecule has 1 aromatic carbocycles. The van der Waals surface area contributed by atoms with Crippen LogP contribution < -0.4 is 0 Å². The van der Waals surface area contributed by atoms with Gasteiger partial charge < -0.3 is 9.84 Å². The Morgan fingerprint density at radius 3 is 1.63 bits per heavy atom. The molecule has 0 aliphatic rings. The van der Waals surface area contributed by atoms with Crippen molar-refractivity contribution in [3.8, 4) is 0 Å². The van der Waals surface area contributed by atoms with E-state index in [1.165, 1.54) is 12.1 Å². The molecule has 0 fully saturated rings. The Kier molecular flexibility index (Phi) is 6.03. The Morgan fingerprint density at radius 2 is 1.30 bits per heavy atom. The molecule has 0 amide bonds. The lowest BCUT2D eigenvalue weighted by atomic mass is 9.65. The number of ether oxygens (including phenoxy) is 1. The third-order valence-corrected chi connectivity index (χ3v) is 5.04. The molecule has 154 valence electrons. The standard InChI is InChI=1S/C18H22F6O3/c1-14(2,3)15(4,5)12-8-6-11(7-9-12)10-27-13(25)16(26,17(19,20)21)18(22,23)24/h6-9,26H,10H2,1-5H3. The lowest BCUT2D eigenvalue weighted by Gasteiger charge is -2.39. The summed E-state index contributed by atoms with van der Waals surface area (Å²) in [6, 6.07) is 6.20. The first-order valence-corrected chi connectivity index (χ1v) is 7.98. The van der Waals surface area contributed by atoms with Gasteiger partial charge in [0.05, 0.1) is 0 Å². The molecule has 3 nitrogen and oxygen atoms in total. The normalized spacial score (nSPS) is 14.2. The van der Waals surface area contributed by atoms with Crippen LogP contribution in [0.5, 0.6) is 0 Å². The van der Waals surface area contributed by atoms with Gasteiger partial charge in [-0.25, -0.2) is 4.79 Å². The van der Waals surface area contributed by atoms with Gasteiger partial charge in [-0.15, -0.1) is 0 Å². The van der Waals surface area contributed by atoms with Crippen molar-refractivity contribution in [2.24, 2.45) is 5.41 Å². The summed E-state index contributed by atoms with van der Waals surface area (Å²) >= 11 is 0. The van der Waals surface area contributed by atoms with Crippen molar-refractivity contribution < 1.29 is 41.0 Å². The number of alkyl halides is 6. The second kappa shape index (κ2) is 7.00. The molecule has 9 heteroatoms. The molecule has 1 N–H and O–H groups in total. The van der Waals surface area contributed by atoms with Crippen LogP contribution in [0.4, 0.5) is 26.3 Å². The minimum atomic E-state index is -6.26. The fraction of sp³-hybridized carbons (Fsp3) is 0.611. The highest BCUT2D eigenvalue weighted by molar-refractivity contribution is 5.81. The van der Waals surface area contributed by atoms with Crippen LogP contribution in [0, 0.1) is 5.41 Å².